The van der Waals surface area contributed by atoms with Crippen LogP contribution in [0.4, 0.5) is 0 Å². The normalized spacial score (nSPS) is 12.7. The highest BCUT2D eigenvalue weighted by molar-refractivity contribution is 5.77. The molecule has 2 aromatic heterocycles. The number of hydrogen-bond acceptors (Lipinski definition) is 7. The molecular weight excluding hydrogens is 358 g/mol. The van der Waals surface area contributed by atoms with Gasteiger partial charge in [0.25, 0.3) is 0 Å². The number of hydrogen-bond donors (Lipinski definition) is 1. The van der Waals surface area contributed by atoms with Gasteiger partial charge < -0.3 is 14.3 Å². The molecule has 148 valence electrons. The average Bonchev–Trinajstić information content (AvgIpc) is 3.29. The fourth-order valence-electron chi connectivity index (χ4n) is 2.72. The first-order valence-electron chi connectivity index (χ1n) is 9.27. The van der Waals surface area contributed by atoms with Crippen LogP contribution in [0.25, 0.3) is 0 Å². The summed E-state index contributed by atoms with van der Waals surface area (Å²) < 4.78 is 10.8. The highest BCUT2D eigenvalue weighted by Gasteiger charge is 2.24. The summed E-state index contributed by atoms with van der Waals surface area (Å²) in [6.45, 7) is 8.18. The van der Waals surface area contributed by atoms with Gasteiger partial charge in [-0.2, -0.15) is 4.98 Å². The molecular formula is C20H25N5O3. The molecule has 0 aliphatic carbocycles. The topological polar surface area (TPSA) is 107 Å². The van der Waals surface area contributed by atoms with E-state index >= 15 is 0 Å². The van der Waals surface area contributed by atoms with E-state index in [1.165, 1.54) is 0 Å². The Morgan fingerprint density at radius 2 is 1.93 bits per heavy atom. The maximum absolute atomic E-state index is 12.5. The van der Waals surface area contributed by atoms with Crippen molar-refractivity contribution in [3.63, 3.8) is 0 Å². The van der Waals surface area contributed by atoms with Crippen molar-refractivity contribution in [3.05, 3.63) is 59.4 Å². The molecule has 0 spiro atoms. The third-order valence-corrected chi connectivity index (χ3v) is 4.21. The van der Waals surface area contributed by atoms with Crippen LogP contribution < -0.4 is 5.32 Å². The summed E-state index contributed by atoms with van der Waals surface area (Å²) >= 11 is 0. The number of amides is 1. The molecule has 0 aliphatic heterocycles. The summed E-state index contributed by atoms with van der Waals surface area (Å²) in [5.74, 6) is 1.68. The van der Waals surface area contributed by atoms with E-state index in [2.05, 4.69) is 25.7 Å². The van der Waals surface area contributed by atoms with Crippen molar-refractivity contribution in [3.8, 4) is 0 Å². The minimum absolute atomic E-state index is 0.107. The molecule has 2 heterocycles. The molecule has 1 unspecified atom stereocenters. The van der Waals surface area contributed by atoms with Crippen LogP contribution in [0.5, 0.6) is 0 Å². The highest BCUT2D eigenvalue weighted by Crippen LogP contribution is 2.27. The maximum atomic E-state index is 12.5. The largest absolute Gasteiger partial charge is 0.425 e. The SMILES string of the molecule is Cc1nnc(C(CC(=O)NCCc2noc(C(C)(C)C)n2)c2ccccc2)o1. The van der Waals surface area contributed by atoms with E-state index in [4.69, 9.17) is 8.94 Å². The Morgan fingerprint density at radius 1 is 1.18 bits per heavy atom. The van der Waals surface area contributed by atoms with Crippen LogP contribution in [0.1, 0.15) is 62.2 Å². The lowest BCUT2D eigenvalue weighted by Crippen LogP contribution is -2.27. The fourth-order valence-corrected chi connectivity index (χ4v) is 2.72. The van der Waals surface area contributed by atoms with Gasteiger partial charge in [-0.1, -0.05) is 56.3 Å². The van der Waals surface area contributed by atoms with E-state index in [-0.39, 0.29) is 23.7 Å². The van der Waals surface area contributed by atoms with Gasteiger partial charge in [0.2, 0.25) is 23.6 Å². The van der Waals surface area contributed by atoms with Gasteiger partial charge >= 0.3 is 0 Å². The van der Waals surface area contributed by atoms with E-state index in [1.807, 2.05) is 51.1 Å². The van der Waals surface area contributed by atoms with Crippen LogP contribution in [0.2, 0.25) is 0 Å². The molecule has 0 fully saturated rings. The van der Waals surface area contributed by atoms with Gasteiger partial charge in [0.1, 0.15) is 0 Å². The molecule has 1 atom stereocenters. The number of nitrogens with one attached hydrogen (secondary N) is 1. The molecule has 1 N–H and O–H groups in total. The Balaban J connectivity index is 1.59. The first kappa shape index (κ1) is 19.7. The summed E-state index contributed by atoms with van der Waals surface area (Å²) in [6, 6.07) is 9.67. The second-order valence-corrected chi connectivity index (χ2v) is 7.69. The van der Waals surface area contributed by atoms with Crippen LogP contribution in [0.15, 0.2) is 39.3 Å². The smallest absolute Gasteiger partial charge is 0.232 e. The molecule has 0 aliphatic rings. The zero-order valence-corrected chi connectivity index (χ0v) is 16.6. The summed E-state index contributed by atoms with van der Waals surface area (Å²) in [5, 5.41) is 14.9. The lowest BCUT2D eigenvalue weighted by molar-refractivity contribution is -0.121. The molecule has 0 bridgehead atoms. The van der Waals surface area contributed by atoms with Gasteiger partial charge in [0.05, 0.1) is 5.92 Å². The number of aromatic nitrogens is 4. The first-order chi connectivity index (χ1) is 13.3. The molecule has 8 nitrogen and oxygen atoms in total. The van der Waals surface area contributed by atoms with Gasteiger partial charge in [0, 0.05) is 31.7 Å². The first-order valence-corrected chi connectivity index (χ1v) is 9.27. The Morgan fingerprint density at radius 3 is 2.54 bits per heavy atom. The van der Waals surface area contributed by atoms with Crippen molar-refractivity contribution >= 4 is 5.91 Å². The second-order valence-electron chi connectivity index (χ2n) is 7.69. The van der Waals surface area contributed by atoms with E-state index in [1.54, 1.807) is 6.92 Å². The van der Waals surface area contributed by atoms with Gasteiger partial charge in [-0.05, 0) is 5.56 Å². The van der Waals surface area contributed by atoms with Crippen molar-refractivity contribution in [2.75, 3.05) is 6.54 Å². The minimum Gasteiger partial charge on any atom is -0.425 e. The summed E-state index contributed by atoms with van der Waals surface area (Å²) in [7, 11) is 0. The van der Waals surface area contributed by atoms with Crippen LogP contribution in [0.3, 0.4) is 0 Å². The molecule has 28 heavy (non-hydrogen) atoms. The van der Waals surface area contributed by atoms with Crippen molar-refractivity contribution in [1.82, 2.24) is 25.7 Å². The molecule has 3 rings (SSSR count). The minimum atomic E-state index is -0.292. The molecule has 8 heteroatoms. The zero-order valence-electron chi connectivity index (χ0n) is 16.6. The van der Waals surface area contributed by atoms with E-state index in [0.717, 1.165) is 5.56 Å². The molecule has 1 aromatic carbocycles. The molecule has 0 radical (unpaired) electrons. The Kier molecular flexibility index (Phi) is 5.87. The van der Waals surface area contributed by atoms with Crippen molar-refractivity contribution in [2.45, 2.75) is 51.9 Å². The van der Waals surface area contributed by atoms with Crippen LogP contribution in [0, 0.1) is 6.92 Å². The van der Waals surface area contributed by atoms with Crippen LogP contribution in [-0.2, 0) is 16.6 Å². The maximum Gasteiger partial charge on any atom is 0.232 e. The monoisotopic (exact) mass is 383 g/mol. The second kappa shape index (κ2) is 8.33. The van der Waals surface area contributed by atoms with Crippen LogP contribution in [-0.4, -0.2) is 32.8 Å². The van der Waals surface area contributed by atoms with Gasteiger partial charge in [-0.25, -0.2) is 0 Å². The van der Waals surface area contributed by atoms with Crippen molar-refractivity contribution in [1.29, 1.82) is 0 Å². The van der Waals surface area contributed by atoms with E-state index in [0.29, 0.717) is 36.5 Å². The average molecular weight is 383 g/mol. The number of carbonyl (C=O) groups is 1. The number of aryl methyl sites for hydroxylation is 1. The van der Waals surface area contributed by atoms with Gasteiger partial charge in [-0.3, -0.25) is 4.79 Å². The number of benzene rings is 1. The molecule has 0 saturated carbocycles. The lowest BCUT2D eigenvalue weighted by atomic mass is 9.95. The zero-order chi connectivity index (χ0) is 20.1. The lowest BCUT2D eigenvalue weighted by Gasteiger charge is -2.13. The third-order valence-electron chi connectivity index (χ3n) is 4.21. The van der Waals surface area contributed by atoms with Gasteiger partial charge in [-0.15, -0.1) is 10.2 Å². The quantitative estimate of drug-likeness (QED) is 0.668. The third kappa shape index (κ3) is 5.03. The molecule has 0 saturated heterocycles. The highest BCUT2D eigenvalue weighted by atomic mass is 16.5. The molecule has 1 amide bonds. The van der Waals surface area contributed by atoms with Crippen LogP contribution >= 0.6 is 0 Å². The van der Waals surface area contributed by atoms with E-state index < -0.39 is 0 Å². The number of rotatable bonds is 7. The van der Waals surface area contributed by atoms with E-state index in [9.17, 15) is 4.79 Å². The standard InChI is InChI=1S/C20H25N5O3/c1-13-23-24-18(27-13)15(14-8-6-5-7-9-14)12-17(26)21-11-10-16-22-19(28-25-16)20(2,3)4/h5-9,15H,10-12H2,1-4H3,(H,21,26). The Bertz CT molecular complexity index is 911. The Hall–Kier alpha value is -3.03. The summed E-state index contributed by atoms with van der Waals surface area (Å²) in [5.41, 5.74) is 0.758. The number of carbonyl (C=O) groups excluding carboxylic acids is 1. The fraction of sp³-hybridized carbons (Fsp3) is 0.450. The van der Waals surface area contributed by atoms with Crippen molar-refractivity contribution < 1.29 is 13.7 Å². The van der Waals surface area contributed by atoms with Gasteiger partial charge in [0.15, 0.2) is 5.82 Å². The number of nitrogens with zero attached hydrogens (tertiary/aromatic N) is 4. The Labute approximate surface area is 163 Å². The predicted molar refractivity (Wildman–Crippen MR) is 102 cm³/mol. The molecule has 3 aromatic rings. The predicted octanol–water partition coefficient (Wildman–Crippen LogP) is 2.94. The summed E-state index contributed by atoms with van der Waals surface area (Å²) in [6.07, 6.45) is 0.714. The summed E-state index contributed by atoms with van der Waals surface area (Å²) in [4.78, 5) is 16.9. The van der Waals surface area contributed by atoms with Crippen molar-refractivity contribution in [2.24, 2.45) is 0 Å².